The van der Waals surface area contributed by atoms with Crippen LogP contribution in [0.25, 0.3) is 0 Å². The molecule has 0 aromatic carbocycles. The lowest BCUT2D eigenvalue weighted by Gasteiger charge is -2.24. The third-order valence-electron chi connectivity index (χ3n) is 2.98. The highest BCUT2D eigenvalue weighted by molar-refractivity contribution is 4.81. The van der Waals surface area contributed by atoms with Gasteiger partial charge in [0.05, 0.1) is 5.60 Å². The Balaban J connectivity index is 3.47. The van der Waals surface area contributed by atoms with Crippen molar-refractivity contribution in [2.24, 2.45) is 0 Å². The van der Waals surface area contributed by atoms with Gasteiger partial charge in [0.25, 0.3) is 0 Å². The normalized spacial score (nSPS) is 12.6. The molecule has 0 aliphatic rings. The van der Waals surface area contributed by atoms with Crippen molar-refractivity contribution in [1.29, 1.82) is 0 Å². The van der Waals surface area contributed by atoms with E-state index in [1.165, 1.54) is 6.42 Å². The Labute approximate surface area is 89.2 Å². The van der Waals surface area contributed by atoms with E-state index in [0.29, 0.717) is 0 Å². The van der Waals surface area contributed by atoms with Crippen LogP contribution in [0.1, 0.15) is 65.7 Å². The molecule has 14 heavy (non-hydrogen) atoms. The van der Waals surface area contributed by atoms with E-state index in [1.807, 2.05) is 0 Å². The standard InChI is InChI=1S/C13H26O/c1-4-7-8-9-10-11-12-13(14,5-2)6-3/h7-8,14H,4-6,9-12H2,1-3H3/b8-7-. The average Bonchev–Trinajstić information content (AvgIpc) is 2.23. The molecule has 0 aromatic rings. The molecule has 1 nitrogen and oxygen atoms in total. The van der Waals surface area contributed by atoms with Gasteiger partial charge in [-0.1, -0.05) is 39.3 Å². The summed E-state index contributed by atoms with van der Waals surface area (Å²) in [5.74, 6) is 0. The summed E-state index contributed by atoms with van der Waals surface area (Å²) in [5, 5.41) is 10.0. The van der Waals surface area contributed by atoms with Gasteiger partial charge in [-0.2, -0.15) is 0 Å². The van der Waals surface area contributed by atoms with Crippen molar-refractivity contribution in [2.45, 2.75) is 71.3 Å². The Hall–Kier alpha value is -0.300. The van der Waals surface area contributed by atoms with Crippen LogP contribution in [0.3, 0.4) is 0 Å². The Morgan fingerprint density at radius 3 is 2.14 bits per heavy atom. The Bertz CT molecular complexity index is 145. The molecule has 0 aromatic heterocycles. The van der Waals surface area contributed by atoms with Crippen LogP contribution in [-0.2, 0) is 0 Å². The lowest BCUT2D eigenvalue weighted by molar-refractivity contribution is 0.0213. The van der Waals surface area contributed by atoms with Crippen molar-refractivity contribution >= 4 is 0 Å². The van der Waals surface area contributed by atoms with Gasteiger partial charge in [-0.3, -0.25) is 0 Å². The summed E-state index contributed by atoms with van der Waals surface area (Å²) in [6.07, 6.45) is 11.8. The first-order chi connectivity index (χ1) is 6.68. The number of rotatable bonds is 8. The molecule has 0 bridgehead atoms. The highest BCUT2D eigenvalue weighted by Gasteiger charge is 2.20. The second-order valence-corrected chi connectivity index (χ2v) is 4.06. The van der Waals surface area contributed by atoms with E-state index >= 15 is 0 Å². The minimum atomic E-state index is -0.394. The van der Waals surface area contributed by atoms with Gasteiger partial charge in [-0.05, 0) is 38.5 Å². The second kappa shape index (κ2) is 8.05. The van der Waals surface area contributed by atoms with Gasteiger partial charge >= 0.3 is 0 Å². The zero-order valence-corrected chi connectivity index (χ0v) is 10.1. The molecule has 0 aliphatic heterocycles. The second-order valence-electron chi connectivity index (χ2n) is 4.06. The average molecular weight is 198 g/mol. The highest BCUT2D eigenvalue weighted by Crippen LogP contribution is 2.22. The number of unbranched alkanes of at least 4 members (excludes halogenated alkanes) is 2. The Morgan fingerprint density at radius 1 is 1.00 bits per heavy atom. The van der Waals surface area contributed by atoms with E-state index in [9.17, 15) is 5.11 Å². The highest BCUT2D eigenvalue weighted by atomic mass is 16.3. The van der Waals surface area contributed by atoms with Crippen molar-refractivity contribution in [2.75, 3.05) is 0 Å². The van der Waals surface area contributed by atoms with Crippen LogP contribution in [0.2, 0.25) is 0 Å². The molecule has 1 heteroatoms. The summed E-state index contributed by atoms with van der Waals surface area (Å²) in [7, 11) is 0. The maximum Gasteiger partial charge on any atom is 0.0642 e. The molecular formula is C13H26O. The first kappa shape index (κ1) is 13.7. The minimum Gasteiger partial charge on any atom is -0.390 e. The smallest absolute Gasteiger partial charge is 0.0642 e. The molecule has 0 saturated carbocycles. The van der Waals surface area contributed by atoms with Crippen LogP contribution in [0, 0.1) is 0 Å². The number of hydrogen-bond donors (Lipinski definition) is 1. The monoisotopic (exact) mass is 198 g/mol. The fourth-order valence-electron chi connectivity index (χ4n) is 1.60. The molecule has 0 atom stereocenters. The van der Waals surface area contributed by atoms with Crippen LogP contribution in [-0.4, -0.2) is 10.7 Å². The van der Waals surface area contributed by atoms with Crippen LogP contribution in [0.15, 0.2) is 12.2 Å². The van der Waals surface area contributed by atoms with E-state index in [1.54, 1.807) is 0 Å². The zero-order chi connectivity index (χ0) is 10.9. The Kier molecular flexibility index (Phi) is 7.87. The van der Waals surface area contributed by atoms with Gasteiger partial charge < -0.3 is 5.11 Å². The fraction of sp³-hybridized carbons (Fsp3) is 0.846. The van der Waals surface area contributed by atoms with Crippen molar-refractivity contribution < 1.29 is 5.11 Å². The lowest BCUT2D eigenvalue weighted by Crippen LogP contribution is -2.26. The molecular weight excluding hydrogens is 172 g/mol. The van der Waals surface area contributed by atoms with E-state index in [4.69, 9.17) is 0 Å². The molecule has 0 fully saturated rings. The van der Waals surface area contributed by atoms with Crippen molar-refractivity contribution in [1.82, 2.24) is 0 Å². The van der Waals surface area contributed by atoms with Crippen LogP contribution in [0.4, 0.5) is 0 Å². The fourth-order valence-corrected chi connectivity index (χ4v) is 1.60. The summed E-state index contributed by atoms with van der Waals surface area (Å²) >= 11 is 0. The molecule has 84 valence electrons. The lowest BCUT2D eigenvalue weighted by atomic mass is 9.91. The molecule has 1 N–H and O–H groups in total. The maximum absolute atomic E-state index is 10.0. The third kappa shape index (κ3) is 6.20. The van der Waals surface area contributed by atoms with Crippen molar-refractivity contribution in [3.63, 3.8) is 0 Å². The minimum absolute atomic E-state index is 0.394. The largest absolute Gasteiger partial charge is 0.390 e. The molecule has 0 amide bonds. The van der Waals surface area contributed by atoms with Crippen molar-refractivity contribution in [3.8, 4) is 0 Å². The van der Waals surface area contributed by atoms with Crippen LogP contribution < -0.4 is 0 Å². The van der Waals surface area contributed by atoms with Gasteiger partial charge in [0.2, 0.25) is 0 Å². The maximum atomic E-state index is 10.0. The van der Waals surface area contributed by atoms with Gasteiger partial charge in [-0.15, -0.1) is 0 Å². The zero-order valence-electron chi connectivity index (χ0n) is 10.1. The van der Waals surface area contributed by atoms with Gasteiger partial charge in [-0.25, -0.2) is 0 Å². The topological polar surface area (TPSA) is 20.2 Å². The molecule has 0 unspecified atom stereocenters. The summed E-state index contributed by atoms with van der Waals surface area (Å²) in [5.41, 5.74) is -0.394. The van der Waals surface area contributed by atoms with Crippen molar-refractivity contribution in [3.05, 3.63) is 12.2 Å². The quantitative estimate of drug-likeness (QED) is 0.460. The predicted molar refractivity (Wildman–Crippen MR) is 63.4 cm³/mol. The molecule has 0 saturated heterocycles. The van der Waals surface area contributed by atoms with E-state index in [2.05, 4.69) is 32.9 Å². The first-order valence-electron chi connectivity index (χ1n) is 6.06. The van der Waals surface area contributed by atoms with E-state index in [0.717, 1.165) is 38.5 Å². The number of aliphatic hydroxyl groups is 1. The summed E-state index contributed by atoms with van der Waals surface area (Å²) < 4.78 is 0. The van der Waals surface area contributed by atoms with Crippen LogP contribution in [0.5, 0.6) is 0 Å². The molecule has 0 radical (unpaired) electrons. The molecule has 0 heterocycles. The van der Waals surface area contributed by atoms with Gasteiger partial charge in [0.15, 0.2) is 0 Å². The van der Waals surface area contributed by atoms with Gasteiger partial charge in [0.1, 0.15) is 0 Å². The first-order valence-corrected chi connectivity index (χ1v) is 6.06. The number of hydrogen-bond acceptors (Lipinski definition) is 1. The molecule has 0 spiro atoms. The van der Waals surface area contributed by atoms with E-state index in [-0.39, 0.29) is 0 Å². The number of allylic oxidation sites excluding steroid dienone is 2. The summed E-state index contributed by atoms with van der Waals surface area (Å²) in [4.78, 5) is 0. The summed E-state index contributed by atoms with van der Waals surface area (Å²) in [6.45, 7) is 6.30. The molecule has 0 rings (SSSR count). The SMILES string of the molecule is CC/C=C\CCCCC(O)(CC)CC. The van der Waals surface area contributed by atoms with Gasteiger partial charge in [0, 0.05) is 0 Å². The van der Waals surface area contributed by atoms with E-state index < -0.39 is 5.60 Å². The third-order valence-corrected chi connectivity index (χ3v) is 2.98. The van der Waals surface area contributed by atoms with Crippen LogP contribution >= 0.6 is 0 Å². The Morgan fingerprint density at radius 2 is 1.64 bits per heavy atom. The summed E-state index contributed by atoms with van der Waals surface area (Å²) in [6, 6.07) is 0. The predicted octanol–water partition coefficient (Wildman–Crippen LogP) is 4.06. The molecule has 0 aliphatic carbocycles.